The number of carbonyl (C=O) groups excluding carboxylic acids is 1. The molecule has 0 spiro atoms. The van der Waals surface area contributed by atoms with Crippen LogP contribution >= 0.6 is 31.9 Å². The van der Waals surface area contributed by atoms with Gasteiger partial charge in [-0.3, -0.25) is 10.1 Å². The third-order valence-electron chi connectivity index (χ3n) is 10.1. The molecular weight excluding hydrogens is 792 g/mol. The predicted octanol–water partition coefficient (Wildman–Crippen LogP) is 5.95. The summed E-state index contributed by atoms with van der Waals surface area (Å²) in [6.07, 6.45) is 4.27. The van der Waals surface area contributed by atoms with Gasteiger partial charge in [0.25, 0.3) is 0 Å². The van der Waals surface area contributed by atoms with Crippen LogP contribution < -0.4 is 35.5 Å². The standard InChI is InChI=1S/C39H44Br2N6O5/c1-50-37-22(18-42-20-24-10-15-34(48)44-24)9-13-32(46-37)30-8-4-7-29(36(30)41)26-5-3-6-28-27(26)12-14-33(28)52-39-31(40)17-23(38(47-39)51-2)19-43-21-25-11-16-35(49)45-25/h3-9,13,17,24-25,33,35,42-43,45,49H,10-12,14-16,18-21H2,1-2H3,(H,44,48)/t24-,25-,33-,35?/m0/s1. The van der Waals surface area contributed by atoms with Gasteiger partial charge < -0.3 is 35.3 Å². The number of nitrogens with one attached hydrogen (secondary N) is 4. The monoisotopic (exact) mass is 834 g/mol. The molecule has 2 fully saturated rings. The second kappa shape index (κ2) is 16.6. The SMILES string of the molecule is COc1nc(-c2cccc(-c3cccc4c3CC[C@@H]4Oc3nc(OC)c(CNC[C@@H]4CCC(O)N4)cc3Br)c2Br)ccc1CNC[C@@H]1CCC(=O)N1. The predicted molar refractivity (Wildman–Crippen MR) is 206 cm³/mol. The van der Waals surface area contributed by atoms with E-state index in [0.717, 1.165) is 86.7 Å². The topological polar surface area (TPSA) is 139 Å². The molecule has 0 radical (unpaired) electrons. The van der Waals surface area contributed by atoms with Crippen molar-refractivity contribution in [3.05, 3.63) is 85.8 Å². The van der Waals surface area contributed by atoms with E-state index in [1.165, 1.54) is 5.56 Å². The summed E-state index contributed by atoms with van der Waals surface area (Å²) in [5.74, 6) is 1.70. The number of hydrogen-bond acceptors (Lipinski definition) is 10. The van der Waals surface area contributed by atoms with Gasteiger partial charge in [-0.05, 0) is 98.4 Å². The number of aliphatic hydroxyl groups excluding tert-OH is 1. The first-order valence-electron chi connectivity index (χ1n) is 17.8. The molecule has 5 N–H and O–H groups in total. The van der Waals surface area contributed by atoms with Crippen LogP contribution in [0.3, 0.4) is 0 Å². The Kier molecular flexibility index (Phi) is 11.7. The molecule has 0 saturated carbocycles. The Hall–Kier alpha value is -3.59. The van der Waals surface area contributed by atoms with Gasteiger partial charge in [-0.25, -0.2) is 4.98 Å². The summed E-state index contributed by atoms with van der Waals surface area (Å²) in [6, 6.07) is 19.2. The van der Waals surface area contributed by atoms with Gasteiger partial charge in [0.2, 0.25) is 23.5 Å². The first-order valence-corrected chi connectivity index (χ1v) is 19.4. The second-order valence-electron chi connectivity index (χ2n) is 13.5. The number of hydrogen-bond donors (Lipinski definition) is 5. The lowest BCUT2D eigenvalue weighted by molar-refractivity contribution is -0.119. The van der Waals surface area contributed by atoms with Crippen LogP contribution in [0.5, 0.6) is 17.6 Å². The fourth-order valence-corrected chi connectivity index (χ4v) is 8.56. The number of nitrogens with zero attached hydrogens (tertiary/aromatic N) is 2. The molecule has 2 saturated heterocycles. The average molecular weight is 837 g/mol. The van der Waals surface area contributed by atoms with Crippen LogP contribution in [0, 0.1) is 0 Å². The van der Waals surface area contributed by atoms with E-state index in [2.05, 4.69) is 89.5 Å². The molecule has 2 aromatic carbocycles. The molecule has 13 heteroatoms. The minimum absolute atomic E-state index is 0.116. The van der Waals surface area contributed by atoms with Gasteiger partial charge in [-0.15, -0.1) is 0 Å². The van der Waals surface area contributed by atoms with E-state index >= 15 is 0 Å². The van der Waals surface area contributed by atoms with Gasteiger partial charge in [-0.1, -0.05) is 42.5 Å². The summed E-state index contributed by atoms with van der Waals surface area (Å²) in [4.78, 5) is 21.2. The van der Waals surface area contributed by atoms with Crippen LogP contribution in [0.15, 0.2) is 63.5 Å². The molecule has 11 nitrogen and oxygen atoms in total. The molecule has 1 unspecified atom stereocenters. The fourth-order valence-electron chi connectivity index (χ4n) is 7.43. The highest BCUT2D eigenvalue weighted by Gasteiger charge is 2.29. The maximum atomic E-state index is 11.5. The summed E-state index contributed by atoms with van der Waals surface area (Å²) >= 11 is 7.65. The van der Waals surface area contributed by atoms with E-state index in [0.29, 0.717) is 43.7 Å². The Labute approximate surface area is 320 Å². The van der Waals surface area contributed by atoms with E-state index < -0.39 is 6.23 Å². The molecule has 274 valence electrons. The third kappa shape index (κ3) is 8.14. The second-order valence-corrected chi connectivity index (χ2v) is 15.2. The van der Waals surface area contributed by atoms with E-state index in [4.69, 9.17) is 24.2 Å². The van der Waals surface area contributed by atoms with Crippen molar-refractivity contribution in [3.63, 3.8) is 0 Å². The number of carbonyl (C=O) groups is 1. The lowest BCUT2D eigenvalue weighted by Gasteiger charge is -2.19. The molecule has 4 heterocycles. The molecular formula is C39H44Br2N6O5. The van der Waals surface area contributed by atoms with Crippen LogP contribution in [0.25, 0.3) is 22.4 Å². The Bertz CT molecular complexity index is 1930. The summed E-state index contributed by atoms with van der Waals surface area (Å²) in [7, 11) is 3.27. The molecule has 1 aliphatic carbocycles. The lowest BCUT2D eigenvalue weighted by Crippen LogP contribution is -2.37. The van der Waals surface area contributed by atoms with E-state index in [-0.39, 0.29) is 24.1 Å². The molecule has 2 aliphatic heterocycles. The zero-order chi connectivity index (χ0) is 36.2. The number of rotatable bonds is 14. The van der Waals surface area contributed by atoms with Crippen molar-refractivity contribution in [2.24, 2.45) is 0 Å². The number of aromatic nitrogens is 2. The van der Waals surface area contributed by atoms with Crippen molar-refractivity contribution < 1.29 is 24.1 Å². The first-order chi connectivity index (χ1) is 25.3. The molecule has 3 aliphatic rings. The van der Waals surface area contributed by atoms with Crippen molar-refractivity contribution in [1.29, 1.82) is 0 Å². The molecule has 0 bridgehead atoms. The number of ether oxygens (including phenoxy) is 3. The minimum Gasteiger partial charge on any atom is -0.481 e. The van der Waals surface area contributed by atoms with Crippen LogP contribution in [0.2, 0.25) is 0 Å². The number of aliphatic hydroxyl groups is 1. The van der Waals surface area contributed by atoms with Crippen molar-refractivity contribution in [2.75, 3.05) is 27.3 Å². The lowest BCUT2D eigenvalue weighted by atomic mass is 9.95. The van der Waals surface area contributed by atoms with Gasteiger partial charge in [0.05, 0.1) is 24.4 Å². The summed E-state index contributed by atoms with van der Waals surface area (Å²) < 4.78 is 19.7. The largest absolute Gasteiger partial charge is 0.481 e. The van der Waals surface area contributed by atoms with Gasteiger partial charge in [0, 0.05) is 65.8 Å². The van der Waals surface area contributed by atoms with Gasteiger partial charge >= 0.3 is 0 Å². The Morgan fingerprint density at radius 3 is 2.29 bits per heavy atom. The smallest absolute Gasteiger partial charge is 0.231 e. The molecule has 2 aromatic heterocycles. The van der Waals surface area contributed by atoms with Crippen molar-refractivity contribution in [1.82, 2.24) is 31.2 Å². The molecule has 7 rings (SSSR count). The Morgan fingerprint density at radius 2 is 1.54 bits per heavy atom. The zero-order valence-electron chi connectivity index (χ0n) is 29.3. The molecule has 4 aromatic rings. The van der Waals surface area contributed by atoms with Crippen molar-refractivity contribution in [2.45, 2.75) is 76.0 Å². The number of pyridine rings is 2. The Balaban J connectivity index is 1.06. The van der Waals surface area contributed by atoms with Gasteiger partial charge in [-0.2, -0.15) is 4.98 Å². The number of halogens is 2. The van der Waals surface area contributed by atoms with Gasteiger partial charge in [0.15, 0.2) is 0 Å². The summed E-state index contributed by atoms with van der Waals surface area (Å²) in [6.45, 7) is 2.62. The average Bonchev–Trinajstić information content (AvgIpc) is 3.89. The quantitative estimate of drug-likeness (QED) is 0.104. The Morgan fingerprint density at radius 1 is 0.808 bits per heavy atom. The van der Waals surface area contributed by atoms with E-state index in [9.17, 15) is 9.90 Å². The fraction of sp³-hybridized carbons (Fsp3) is 0.410. The minimum atomic E-state index is -0.420. The van der Waals surface area contributed by atoms with E-state index in [1.54, 1.807) is 14.2 Å². The normalized spacial score (nSPS) is 20.9. The highest BCUT2D eigenvalue weighted by molar-refractivity contribution is 9.11. The van der Waals surface area contributed by atoms with Crippen molar-refractivity contribution >= 4 is 37.8 Å². The number of fused-ring (bicyclic) bond motifs is 1. The van der Waals surface area contributed by atoms with Crippen molar-refractivity contribution in [3.8, 4) is 40.0 Å². The number of methoxy groups -OCH3 is 2. The van der Waals surface area contributed by atoms with Crippen LogP contribution in [-0.4, -0.2) is 66.6 Å². The molecule has 4 atom stereocenters. The highest BCUT2D eigenvalue weighted by atomic mass is 79.9. The number of benzene rings is 2. The summed E-state index contributed by atoms with van der Waals surface area (Å²) in [5.41, 5.74) is 8.30. The maximum absolute atomic E-state index is 11.5. The molecule has 52 heavy (non-hydrogen) atoms. The van der Waals surface area contributed by atoms with Crippen LogP contribution in [-0.2, 0) is 24.3 Å². The third-order valence-corrected chi connectivity index (χ3v) is 11.5. The zero-order valence-corrected chi connectivity index (χ0v) is 32.5. The molecule has 1 amide bonds. The first kappa shape index (κ1) is 36.8. The summed E-state index contributed by atoms with van der Waals surface area (Å²) in [5, 5.41) is 22.8. The van der Waals surface area contributed by atoms with Crippen LogP contribution in [0.1, 0.15) is 60.5 Å². The maximum Gasteiger partial charge on any atom is 0.231 e. The van der Waals surface area contributed by atoms with Crippen LogP contribution in [0.4, 0.5) is 0 Å². The highest BCUT2D eigenvalue weighted by Crippen LogP contribution is 2.44. The van der Waals surface area contributed by atoms with E-state index in [1.807, 2.05) is 18.2 Å². The van der Waals surface area contributed by atoms with Gasteiger partial charge in [0.1, 0.15) is 12.3 Å². The number of amides is 1.